The number of nitrogens with zero attached hydrogens (tertiary/aromatic N) is 1. The van der Waals surface area contributed by atoms with E-state index in [-0.39, 0.29) is 6.04 Å². The predicted octanol–water partition coefficient (Wildman–Crippen LogP) is 1.02. The van der Waals surface area contributed by atoms with Crippen LogP contribution >= 0.6 is 0 Å². The van der Waals surface area contributed by atoms with Crippen LogP contribution in [-0.4, -0.2) is 20.6 Å². The van der Waals surface area contributed by atoms with Gasteiger partial charge in [0.2, 0.25) is 0 Å². The second kappa shape index (κ2) is 4.44. The SMILES string of the molecule is Cc1cc(N(C)C)ccc1C(N)CN. The van der Waals surface area contributed by atoms with Gasteiger partial charge in [-0.05, 0) is 30.2 Å². The lowest BCUT2D eigenvalue weighted by molar-refractivity contribution is 0.731. The van der Waals surface area contributed by atoms with Gasteiger partial charge in [0.15, 0.2) is 0 Å². The normalized spacial score (nSPS) is 12.6. The van der Waals surface area contributed by atoms with Gasteiger partial charge in [0.05, 0.1) is 0 Å². The molecule has 0 spiro atoms. The molecule has 1 aromatic carbocycles. The zero-order valence-corrected chi connectivity index (χ0v) is 9.12. The smallest absolute Gasteiger partial charge is 0.0422 e. The lowest BCUT2D eigenvalue weighted by Crippen LogP contribution is -2.21. The third kappa shape index (κ3) is 2.25. The third-order valence-corrected chi connectivity index (χ3v) is 2.42. The number of aryl methyl sites for hydroxylation is 1. The van der Waals surface area contributed by atoms with Crippen LogP contribution in [0.5, 0.6) is 0 Å². The lowest BCUT2D eigenvalue weighted by atomic mass is 10.0. The van der Waals surface area contributed by atoms with Crippen molar-refractivity contribution in [2.45, 2.75) is 13.0 Å². The molecule has 0 saturated carbocycles. The molecule has 0 radical (unpaired) electrons. The van der Waals surface area contributed by atoms with Crippen LogP contribution in [0.3, 0.4) is 0 Å². The molecule has 3 heteroatoms. The van der Waals surface area contributed by atoms with Crippen LogP contribution < -0.4 is 16.4 Å². The minimum Gasteiger partial charge on any atom is -0.378 e. The van der Waals surface area contributed by atoms with Crippen molar-refractivity contribution < 1.29 is 0 Å². The number of rotatable bonds is 3. The molecule has 1 aromatic rings. The van der Waals surface area contributed by atoms with Gasteiger partial charge in [-0.3, -0.25) is 0 Å². The Balaban J connectivity index is 3.01. The van der Waals surface area contributed by atoms with Gasteiger partial charge in [-0.1, -0.05) is 6.07 Å². The maximum absolute atomic E-state index is 5.88. The molecule has 0 aromatic heterocycles. The number of benzene rings is 1. The van der Waals surface area contributed by atoms with Crippen LogP contribution in [0, 0.1) is 6.92 Å². The molecule has 14 heavy (non-hydrogen) atoms. The fourth-order valence-electron chi connectivity index (χ4n) is 1.48. The first-order valence-corrected chi connectivity index (χ1v) is 4.79. The summed E-state index contributed by atoms with van der Waals surface area (Å²) in [6.45, 7) is 2.56. The summed E-state index contributed by atoms with van der Waals surface area (Å²) in [6, 6.07) is 6.21. The van der Waals surface area contributed by atoms with Crippen molar-refractivity contribution >= 4 is 5.69 Å². The molecule has 0 fully saturated rings. The largest absolute Gasteiger partial charge is 0.378 e. The molecule has 1 atom stereocenters. The summed E-state index contributed by atoms with van der Waals surface area (Å²) in [5, 5.41) is 0. The van der Waals surface area contributed by atoms with E-state index >= 15 is 0 Å². The molecule has 0 bridgehead atoms. The summed E-state index contributed by atoms with van der Waals surface area (Å²) >= 11 is 0. The molecular weight excluding hydrogens is 174 g/mol. The summed E-state index contributed by atoms with van der Waals surface area (Å²) in [7, 11) is 4.05. The van der Waals surface area contributed by atoms with Gasteiger partial charge in [-0.15, -0.1) is 0 Å². The highest BCUT2D eigenvalue weighted by Crippen LogP contribution is 2.20. The standard InChI is InChI=1S/C11H19N3/c1-8-6-9(14(2)3)4-5-10(8)11(13)7-12/h4-6,11H,7,12-13H2,1-3H3. The van der Waals surface area contributed by atoms with Gasteiger partial charge in [0.1, 0.15) is 0 Å². The van der Waals surface area contributed by atoms with E-state index in [1.165, 1.54) is 11.3 Å². The van der Waals surface area contributed by atoms with E-state index in [2.05, 4.69) is 30.0 Å². The summed E-state index contributed by atoms with van der Waals surface area (Å²) in [4.78, 5) is 2.07. The van der Waals surface area contributed by atoms with E-state index in [4.69, 9.17) is 11.5 Å². The molecule has 0 heterocycles. The van der Waals surface area contributed by atoms with Crippen LogP contribution in [0.4, 0.5) is 5.69 Å². The van der Waals surface area contributed by atoms with Crippen LogP contribution in [-0.2, 0) is 0 Å². The van der Waals surface area contributed by atoms with Crippen molar-refractivity contribution in [3.63, 3.8) is 0 Å². The Bertz CT molecular complexity index is 307. The van der Waals surface area contributed by atoms with Crippen LogP contribution in [0.15, 0.2) is 18.2 Å². The number of nitrogens with two attached hydrogens (primary N) is 2. The van der Waals surface area contributed by atoms with E-state index in [1.54, 1.807) is 0 Å². The summed E-state index contributed by atoms with van der Waals surface area (Å²) in [5.74, 6) is 0. The molecule has 0 aliphatic rings. The Hall–Kier alpha value is -1.06. The molecule has 3 nitrogen and oxygen atoms in total. The van der Waals surface area contributed by atoms with Gasteiger partial charge >= 0.3 is 0 Å². The topological polar surface area (TPSA) is 55.3 Å². The average molecular weight is 193 g/mol. The lowest BCUT2D eigenvalue weighted by Gasteiger charge is -2.17. The van der Waals surface area contributed by atoms with Crippen LogP contribution in [0.2, 0.25) is 0 Å². The molecule has 1 rings (SSSR count). The molecule has 0 saturated heterocycles. The number of anilines is 1. The van der Waals surface area contributed by atoms with Crippen molar-refractivity contribution in [1.82, 2.24) is 0 Å². The highest BCUT2D eigenvalue weighted by molar-refractivity contribution is 5.50. The average Bonchev–Trinajstić information content (AvgIpc) is 2.16. The molecule has 4 N–H and O–H groups in total. The first-order valence-electron chi connectivity index (χ1n) is 4.79. The quantitative estimate of drug-likeness (QED) is 0.753. The fraction of sp³-hybridized carbons (Fsp3) is 0.455. The van der Waals surface area contributed by atoms with Crippen molar-refractivity contribution in [3.05, 3.63) is 29.3 Å². The van der Waals surface area contributed by atoms with Crippen LogP contribution in [0.1, 0.15) is 17.2 Å². The van der Waals surface area contributed by atoms with Gasteiger partial charge in [0, 0.05) is 32.4 Å². The monoisotopic (exact) mass is 193 g/mol. The number of hydrogen-bond acceptors (Lipinski definition) is 3. The van der Waals surface area contributed by atoms with E-state index in [1.807, 2.05) is 14.1 Å². The first-order chi connectivity index (χ1) is 6.56. The van der Waals surface area contributed by atoms with Crippen molar-refractivity contribution in [2.24, 2.45) is 11.5 Å². The molecule has 1 unspecified atom stereocenters. The molecule has 0 aliphatic heterocycles. The second-order valence-corrected chi connectivity index (χ2v) is 3.78. The fourth-order valence-corrected chi connectivity index (χ4v) is 1.48. The Morgan fingerprint density at radius 2 is 2.00 bits per heavy atom. The summed E-state index contributed by atoms with van der Waals surface area (Å²) < 4.78 is 0. The maximum atomic E-state index is 5.88. The highest BCUT2D eigenvalue weighted by Gasteiger charge is 2.07. The molecule has 0 amide bonds. The zero-order chi connectivity index (χ0) is 10.7. The van der Waals surface area contributed by atoms with Crippen LogP contribution in [0.25, 0.3) is 0 Å². The highest BCUT2D eigenvalue weighted by atomic mass is 15.1. The maximum Gasteiger partial charge on any atom is 0.0422 e. The van der Waals surface area contributed by atoms with Gasteiger partial charge in [0.25, 0.3) is 0 Å². The summed E-state index contributed by atoms with van der Waals surface area (Å²) in [6.07, 6.45) is 0. The Morgan fingerprint density at radius 1 is 1.36 bits per heavy atom. The van der Waals surface area contributed by atoms with E-state index in [0.717, 1.165) is 5.56 Å². The minimum absolute atomic E-state index is 0.0498. The van der Waals surface area contributed by atoms with E-state index in [0.29, 0.717) is 6.54 Å². The van der Waals surface area contributed by atoms with Gasteiger partial charge in [-0.2, -0.15) is 0 Å². The molecular formula is C11H19N3. The minimum atomic E-state index is -0.0498. The first kappa shape index (κ1) is 11.0. The Labute approximate surface area is 85.7 Å². The summed E-state index contributed by atoms with van der Waals surface area (Å²) in [5.41, 5.74) is 14.9. The third-order valence-electron chi connectivity index (χ3n) is 2.42. The zero-order valence-electron chi connectivity index (χ0n) is 9.12. The molecule has 0 aliphatic carbocycles. The van der Waals surface area contributed by atoms with Gasteiger partial charge < -0.3 is 16.4 Å². The second-order valence-electron chi connectivity index (χ2n) is 3.78. The predicted molar refractivity (Wildman–Crippen MR) is 61.5 cm³/mol. The van der Waals surface area contributed by atoms with Crippen molar-refractivity contribution in [1.29, 1.82) is 0 Å². The van der Waals surface area contributed by atoms with E-state index < -0.39 is 0 Å². The number of hydrogen-bond donors (Lipinski definition) is 2. The van der Waals surface area contributed by atoms with Crippen molar-refractivity contribution in [3.8, 4) is 0 Å². The van der Waals surface area contributed by atoms with Gasteiger partial charge in [-0.25, -0.2) is 0 Å². The van der Waals surface area contributed by atoms with Crippen molar-refractivity contribution in [2.75, 3.05) is 25.5 Å². The van der Waals surface area contributed by atoms with E-state index in [9.17, 15) is 0 Å². The Kier molecular flexibility index (Phi) is 3.49. The molecule has 78 valence electrons. The Morgan fingerprint density at radius 3 is 2.43 bits per heavy atom.